The van der Waals surface area contributed by atoms with Gasteiger partial charge in [0.1, 0.15) is 12.4 Å². The van der Waals surface area contributed by atoms with Crippen molar-refractivity contribution in [2.75, 3.05) is 25.5 Å². The number of nitrogens with zero attached hydrogens (tertiary/aromatic N) is 1. The van der Waals surface area contributed by atoms with Crippen molar-refractivity contribution in [3.8, 4) is 5.75 Å². The molecule has 30 heavy (non-hydrogen) atoms. The lowest BCUT2D eigenvalue weighted by Crippen LogP contribution is -2.40. The van der Waals surface area contributed by atoms with Gasteiger partial charge in [0.15, 0.2) is 5.96 Å². The number of carbonyl (C=O) groups excluding carboxylic acids is 1. The van der Waals surface area contributed by atoms with Crippen molar-refractivity contribution in [1.29, 1.82) is 0 Å². The van der Waals surface area contributed by atoms with E-state index in [0.717, 1.165) is 16.8 Å². The highest BCUT2D eigenvalue weighted by atomic mass is 127. The van der Waals surface area contributed by atoms with Crippen molar-refractivity contribution in [3.05, 3.63) is 59.7 Å². The van der Waals surface area contributed by atoms with Gasteiger partial charge in [-0.15, -0.1) is 24.0 Å². The first kappa shape index (κ1) is 23.8. The largest absolute Gasteiger partial charge is 0.488 e. The molecule has 9 heteroatoms. The van der Waals surface area contributed by atoms with E-state index in [4.69, 9.17) is 4.74 Å². The number of rotatable bonds is 7. The standard InChI is InChI=1S/C21H24F2N4O2.HI/c1-24-21(25-11-14-5-4-6-16(9-14)29-13-19(22)23)26-12-15-10-20(28)27-18-8-3-2-7-17(15)18;/h2-9,15,19H,10-13H2,1H3,(H,27,28)(H2,24,25,26);1H. The topological polar surface area (TPSA) is 74.8 Å². The van der Waals surface area contributed by atoms with Crippen molar-refractivity contribution in [3.63, 3.8) is 0 Å². The molecule has 3 N–H and O–H groups in total. The van der Waals surface area contributed by atoms with Gasteiger partial charge in [0.05, 0.1) is 0 Å². The Labute approximate surface area is 191 Å². The molecule has 1 atom stereocenters. The number of alkyl halides is 2. The zero-order valence-electron chi connectivity index (χ0n) is 16.5. The number of carbonyl (C=O) groups is 1. The van der Waals surface area contributed by atoms with E-state index >= 15 is 0 Å². The molecular formula is C21H25F2IN4O2. The van der Waals surface area contributed by atoms with Crippen LogP contribution in [0.5, 0.6) is 5.75 Å². The quantitative estimate of drug-likeness (QED) is 0.290. The third-order valence-electron chi connectivity index (χ3n) is 4.58. The van der Waals surface area contributed by atoms with Gasteiger partial charge in [-0.2, -0.15) is 0 Å². The van der Waals surface area contributed by atoms with Crippen molar-refractivity contribution in [2.24, 2.45) is 4.99 Å². The molecule has 1 aliphatic heterocycles. The summed E-state index contributed by atoms with van der Waals surface area (Å²) in [7, 11) is 1.67. The maximum absolute atomic E-state index is 12.3. The van der Waals surface area contributed by atoms with Crippen LogP contribution in [0.4, 0.5) is 14.5 Å². The second-order valence-corrected chi connectivity index (χ2v) is 6.69. The third-order valence-corrected chi connectivity index (χ3v) is 4.58. The molecule has 1 heterocycles. The molecule has 6 nitrogen and oxygen atoms in total. The molecule has 1 unspecified atom stereocenters. The first-order chi connectivity index (χ1) is 14.0. The molecular weight excluding hydrogens is 505 g/mol. The molecule has 0 fully saturated rings. The molecule has 0 saturated heterocycles. The van der Waals surface area contributed by atoms with E-state index in [1.807, 2.05) is 30.3 Å². The van der Waals surface area contributed by atoms with Gasteiger partial charge in [0, 0.05) is 38.2 Å². The number of fused-ring (bicyclic) bond motifs is 1. The zero-order chi connectivity index (χ0) is 20.6. The Morgan fingerprint density at radius 3 is 2.80 bits per heavy atom. The summed E-state index contributed by atoms with van der Waals surface area (Å²) in [5.41, 5.74) is 2.82. The SMILES string of the molecule is CN=C(NCc1cccc(OCC(F)F)c1)NCC1CC(=O)Nc2ccccc21.I. The van der Waals surface area contributed by atoms with Crippen LogP contribution < -0.4 is 20.7 Å². The summed E-state index contributed by atoms with van der Waals surface area (Å²) in [5.74, 6) is 1.04. The maximum Gasteiger partial charge on any atom is 0.272 e. The lowest BCUT2D eigenvalue weighted by atomic mass is 9.90. The molecule has 2 aromatic carbocycles. The van der Waals surface area contributed by atoms with Crippen molar-refractivity contribution in [2.45, 2.75) is 25.3 Å². The summed E-state index contributed by atoms with van der Waals surface area (Å²) >= 11 is 0. The van der Waals surface area contributed by atoms with Crippen LogP contribution in [0.2, 0.25) is 0 Å². The van der Waals surface area contributed by atoms with Gasteiger partial charge in [-0.25, -0.2) is 8.78 Å². The van der Waals surface area contributed by atoms with E-state index in [2.05, 4.69) is 20.9 Å². The molecule has 1 amide bonds. The molecule has 0 saturated carbocycles. The van der Waals surface area contributed by atoms with Gasteiger partial charge >= 0.3 is 0 Å². The van der Waals surface area contributed by atoms with Gasteiger partial charge in [-0.1, -0.05) is 30.3 Å². The number of hydrogen-bond acceptors (Lipinski definition) is 3. The van der Waals surface area contributed by atoms with Crippen molar-refractivity contribution < 1.29 is 18.3 Å². The highest BCUT2D eigenvalue weighted by molar-refractivity contribution is 14.0. The Morgan fingerprint density at radius 2 is 2.03 bits per heavy atom. The third kappa shape index (κ3) is 6.82. The van der Waals surface area contributed by atoms with E-state index in [1.165, 1.54) is 0 Å². The number of guanidine groups is 1. The van der Waals surface area contributed by atoms with Crippen LogP contribution in [0.1, 0.15) is 23.5 Å². The summed E-state index contributed by atoms with van der Waals surface area (Å²) in [6.07, 6.45) is -2.10. The van der Waals surface area contributed by atoms with Crippen LogP contribution in [0.3, 0.4) is 0 Å². The van der Waals surface area contributed by atoms with Crippen molar-refractivity contribution >= 4 is 41.5 Å². The molecule has 0 bridgehead atoms. The fourth-order valence-corrected chi connectivity index (χ4v) is 3.21. The maximum atomic E-state index is 12.3. The first-order valence-corrected chi connectivity index (χ1v) is 9.38. The highest BCUT2D eigenvalue weighted by Crippen LogP contribution is 2.31. The average molecular weight is 530 g/mol. The van der Waals surface area contributed by atoms with E-state index in [9.17, 15) is 13.6 Å². The van der Waals surface area contributed by atoms with Gasteiger partial charge < -0.3 is 20.7 Å². The fraction of sp³-hybridized carbons (Fsp3) is 0.333. The Morgan fingerprint density at radius 1 is 1.23 bits per heavy atom. The summed E-state index contributed by atoms with van der Waals surface area (Å²) in [4.78, 5) is 16.2. The van der Waals surface area contributed by atoms with Crippen LogP contribution in [0, 0.1) is 0 Å². The number of benzene rings is 2. The number of amides is 1. The summed E-state index contributed by atoms with van der Waals surface area (Å²) in [5, 5.41) is 9.33. The van der Waals surface area contributed by atoms with Crippen LogP contribution >= 0.6 is 24.0 Å². The van der Waals surface area contributed by atoms with E-state index < -0.39 is 13.0 Å². The Bertz CT molecular complexity index is 880. The van der Waals surface area contributed by atoms with Crippen LogP contribution in [0.25, 0.3) is 0 Å². The lowest BCUT2D eigenvalue weighted by molar-refractivity contribution is -0.116. The number of nitrogens with one attached hydrogen (secondary N) is 3. The fourth-order valence-electron chi connectivity index (χ4n) is 3.21. The van der Waals surface area contributed by atoms with Gasteiger partial charge in [0.25, 0.3) is 6.43 Å². The second-order valence-electron chi connectivity index (χ2n) is 6.69. The van der Waals surface area contributed by atoms with Gasteiger partial charge in [-0.05, 0) is 29.3 Å². The van der Waals surface area contributed by atoms with Crippen LogP contribution in [0.15, 0.2) is 53.5 Å². The van der Waals surface area contributed by atoms with E-state index in [0.29, 0.717) is 31.2 Å². The predicted octanol–water partition coefficient (Wildman–Crippen LogP) is 3.74. The van der Waals surface area contributed by atoms with E-state index in [1.54, 1.807) is 25.2 Å². The zero-order valence-corrected chi connectivity index (χ0v) is 18.9. The van der Waals surface area contributed by atoms with Crippen molar-refractivity contribution in [1.82, 2.24) is 10.6 Å². The average Bonchev–Trinajstić information content (AvgIpc) is 2.72. The molecule has 162 valence electrons. The monoisotopic (exact) mass is 530 g/mol. The molecule has 2 aromatic rings. The minimum absolute atomic E-state index is 0. The number of halogens is 3. The van der Waals surface area contributed by atoms with Crippen LogP contribution in [-0.4, -0.2) is 38.5 Å². The highest BCUT2D eigenvalue weighted by Gasteiger charge is 2.24. The number of hydrogen-bond donors (Lipinski definition) is 3. The van der Waals surface area contributed by atoms with Gasteiger partial charge in [-0.3, -0.25) is 9.79 Å². The number of anilines is 1. The Kier molecular flexibility index (Phi) is 9.28. The normalized spacial score (nSPS) is 15.7. The molecule has 1 aliphatic rings. The number of ether oxygens (including phenoxy) is 1. The molecule has 3 rings (SSSR count). The Balaban J connectivity index is 0.00000320. The lowest BCUT2D eigenvalue weighted by Gasteiger charge is -2.26. The molecule has 0 spiro atoms. The number of aliphatic imine (C=N–C) groups is 1. The van der Waals surface area contributed by atoms with E-state index in [-0.39, 0.29) is 35.8 Å². The minimum atomic E-state index is -2.51. The van der Waals surface area contributed by atoms with Gasteiger partial charge in [0.2, 0.25) is 5.91 Å². The van der Waals surface area contributed by atoms with Crippen LogP contribution in [-0.2, 0) is 11.3 Å². The molecule has 0 aliphatic carbocycles. The summed E-state index contributed by atoms with van der Waals surface area (Å²) in [6, 6.07) is 14.8. The Hall–Kier alpha value is -2.43. The summed E-state index contributed by atoms with van der Waals surface area (Å²) in [6.45, 7) is 0.380. The first-order valence-electron chi connectivity index (χ1n) is 9.38. The minimum Gasteiger partial charge on any atom is -0.488 e. The summed E-state index contributed by atoms with van der Waals surface area (Å²) < 4.78 is 29.6. The second kappa shape index (κ2) is 11.7. The molecule has 0 radical (unpaired) electrons. The predicted molar refractivity (Wildman–Crippen MR) is 124 cm³/mol. The molecule has 0 aromatic heterocycles. The number of para-hydroxylation sites is 1. The smallest absolute Gasteiger partial charge is 0.272 e.